The molecule has 1 aromatic rings. The number of rotatable bonds is 5. The highest BCUT2D eigenvalue weighted by Crippen LogP contribution is 2.21. The van der Waals surface area contributed by atoms with Crippen LogP contribution < -0.4 is 10.1 Å². The Hall–Kier alpha value is -0.610. The highest BCUT2D eigenvalue weighted by molar-refractivity contribution is 9.10. The maximum Gasteiger partial charge on any atom is 0.166 e. The van der Waals surface area contributed by atoms with E-state index in [1.165, 1.54) is 18.9 Å². The van der Waals surface area contributed by atoms with E-state index in [0.29, 0.717) is 18.4 Å². The smallest absolute Gasteiger partial charge is 0.166 e. The van der Waals surface area contributed by atoms with Crippen molar-refractivity contribution in [3.8, 4) is 5.75 Å². The molecule has 1 fully saturated rings. The van der Waals surface area contributed by atoms with Crippen LogP contribution in [0.2, 0.25) is 0 Å². The molecular weight excluding hydrogens is 285 g/mol. The van der Waals surface area contributed by atoms with Crippen molar-refractivity contribution in [1.82, 2.24) is 5.32 Å². The fraction of sp³-hybridized carbons (Fsp3) is 0.538. The van der Waals surface area contributed by atoms with Gasteiger partial charge in [-0.3, -0.25) is 0 Å². The molecule has 94 valence electrons. The van der Waals surface area contributed by atoms with Crippen LogP contribution in [0, 0.1) is 5.82 Å². The first-order valence-corrected chi connectivity index (χ1v) is 6.86. The van der Waals surface area contributed by atoms with Crippen LogP contribution in [0.25, 0.3) is 0 Å². The molecule has 4 heteroatoms. The molecule has 0 aliphatic carbocycles. The Kier molecular flexibility index (Phi) is 4.80. The Morgan fingerprint density at radius 2 is 2.35 bits per heavy atom. The highest BCUT2D eigenvalue weighted by Gasteiger charge is 2.13. The summed E-state index contributed by atoms with van der Waals surface area (Å²) < 4.78 is 19.6. The second kappa shape index (κ2) is 6.36. The second-order valence-electron chi connectivity index (χ2n) is 4.36. The largest absolute Gasteiger partial charge is 0.491 e. The molecule has 0 radical (unpaired) electrons. The molecule has 0 aromatic heterocycles. The Balaban J connectivity index is 1.70. The Bertz CT molecular complexity index is 366. The summed E-state index contributed by atoms with van der Waals surface area (Å²) in [6, 6.07) is 5.51. The van der Waals surface area contributed by atoms with E-state index in [1.54, 1.807) is 12.1 Å². The van der Waals surface area contributed by atoms with Gasteiger partial charge >= 0.3 is 0 Å². The van der Waals surface area contributed by atoms with Gasteiger partial charge in [-0.1, -0.05) is 15.9 Å². The molecule has 0 spiro atoms. The molecule has 2 nitrogen and oxygen atoms in total. The number of halogens is 2. The van der Waals surface area contributed by atoms with E-state index in [2.05, 4.69) is 21.2 Å². The Morgan fingerprint density at radius 3 is 3.06 bits per heavy atom. The van der Waals surface area contributed by atoms with Crippen molar-refractivity contribution in [1.29, 1.82) is 0 Å². The lowest BCUT2D eigenvalue weighted by atomic mass is 10.1. The second-order valence-corrected chi connectivity index (χ2v) is 5.27. The third-order valence-electron chi connectivity index (χ3n) is 3.01. The molecule has 1 atom stereocenters. The SMILES string of the molecule is Fc1cc(Br)ccc1OCCCC1CCCN1. The quantitative estimate of drug-likeness (QED) is 0.841. The van der Waals surface area contributed by atoms with Crippen molar-refractivity contribution in [2.75, 3.05) is 13.2 Å². The predicted octanol–water partition coefficient (Wildman–Crippen LogP) is 3.50. The Morgan fingerprint density at radius 1 is 1.47 bits per heavy atom. The fourth-order valence-corrected chi connectivity index (χ4v) is 2.44. The monoisotopic (exact) mass is 301 g/mol. The number of hydrogen-bond donors (Lipinski definition) is 1. The third kappa shape index (κ3) is 3.96. The summed E-state index contributed by atoms with van der Waals surface area (Å²) in [5, 5.41) is 3.44. The van der Waals surface area contributed by atoms with Gasteiger partial charge in [0.2, 0.25) is 0 Å². The predicted molar refractivity (Wildman–Crippen MR) is 69.9 cm³/mol. The van der Waals surface area contributed by atoms with E-state index >= 15 is 0 Å². The molecule has 1 aromatic carbocycles. The summed E-state index contributed by atoms with van der Waals surface area (Å²) in [6.45, 7) is 1.71. The topological polar surface area (TPSA) is 21.3 Å². The minimum absolute atomic E-state index is 0.307. The normalized spacial score (nSPS) is 19.5. The zero-order chi connectivity index (χ0) is 12.1. The molecule has 0 saturated carbocycles. The molecule has 1 saturated heterocycles. The van der Waals surface area contributed by atoms with E-state index in [4.69, 9.17) is 4.74 Å². The number of hydrogen-bond acceptors (Lipinski definition) is 2. The van der Waals surface area contributed by atoms with Gasteiger partial charge in [0.25, 0.3) is 0 Å². The lowest BCUT2D eigenvalue weighted by Gasteiger charge is -2.11. The van der Waals surface area contributed by atoms with Gasteiger partial charge in [0.05, 0.1) is 6.61 Å². The van der Waals surface area contributed by atoms with Gasteiger partial charge in [-0.2, -0.15) is 0 Å². The molecule has 0 amide bonds. The maximum absolute atomic E-state index is 13.4. The molecule has 17 heavy (non-hydrogen) atoms. The first-order valence-electron chi connectivity index (χ1n) is 6.07. The van der Waals surface area contributed by atoms with E-state index in [0.717, 1.165) is 23.9 Å². The summed E-state index contributed by atoms with van der Waals surface area (Å²) >= 11 is 3.22. The highest BCUT2D eigenvalue weighted by atomic mass is 79.9. The maximum atomic E-state index is 13.4. The van der Waals surface area contributed by atoms with Crippen molar-refractivity contribution in [2.45, 2.75) is 31.7 Å². The van der Waals surface area contributed by atoms with Crippen molar-refractivity contribution >= 4 is 15.9 Å². The molecule has 1 heterocycles. The minimum Gasteiger partial charge on any atom is -0.491 e. The number of nitrogens with one attached hydrogen (secondary N) is 1. The lowest BCUT2D eigenvalue weighted by molar-refractivity contribution is 0.285. The standard InChI is InChI=1S/C13H17BrFNO/c14-10-5-6-13(12(15)9-10)17-8-2-4-11-3-1-7-16-11/h5-6,9,11,16H,1-4,7-8H2. The fourth-order valence-electron chi connectivity index (χ4n) is 2.11. The molecule has 1 aliphatic heterocycles. The van der Waals surface area contributed by atoms with Gasteiger partial charge in [-0.25, -0.2) is 4.39 Å². The Labute approximate surface area is 110 Å². The van der Waals surface area contributed by atoms with E-state index < -0.39 is 0 Å². The average molecular weight is 302 g/mol. The molecule has 2 rings (SSSR count). The first kappa shape index (κ1) is 12.8. The summed E-state index contributed by atoms with van der Waals surface area (Å²) in [5.74, 6) is 0.0333. The van der Waals surface area contributed by atoms with Crippen LogP contribution in [0.5, 0.6) is 5.75 Å². The zero-order valence-corrected chi connectivity index (χ0v) is 11.3. The number of benzene rings is 1. The molecule has 0 bridgehead atoms. The lowest BCUT2D eigenvalue weighted by Crippen LogP contribution is -2.21. The van der Waals surface area contributed by atoms with Gasteiger partial charge in [0.15, 0.2) is 11.6 Å². The van der Waals surface area contributed by atoms with Crippen molar-refractivity contribution < 1.29 is 9.13 Å². The molecular formula is C13H17BrFNO. The van der Waals surface area contributed by atoms with Crippen LogP contribution in [0.1, 0.15) is 25.7 Å². The van der Waals surface area contributed by atoms with Crippen molar-refractivity contribution in [3.63, 3.8) is 0 Å². The minimum atomic E-state index is -0.307. The van der Waals surface area contributed by atoms with Crippen LogP contribution in [-0.2, 0) is 0 Å². The van der Waals surface area contributed by atoms with Gasteiger partial charge in [-0.05, 0) is 50.4 Å². The third-order valence-corrected chi connectivity index (χ3v) is 3.50. The molecule has 1 aliphatic rings. The van der Waals surface area contributed by atoms with E-state index in [1.807, 2.05) is 0 Å². The summed E-state index contributed by atoms with van der Waals surface area (Å²) in [4.78, 5) is 0. The summed E-state index contributed by atoms with van der Waals surface area (Å²) in [6.07, 6.45) is 4.60. The summed E-state index contributed by atoms with van der Waals surface area (Å²) in [7, 11) is 0. The van der Waals surface area contributed by atoms with Gasteiger partial charge < -0.3 is 10.1 Å². The summed E-state index contributed by atoms with van der Waals surface area (Å²) in [5.41, 5.74) is 0. The van der Waals surface area contributed by atoms with Crippen molar-refractivity contribution in [2.24, 2.45) is 0 Å². The van der Waals surface area contributed by atoms with Crippen molar-refractivity contribution in [3.05, 3.63) is 28.5 Å². The first-order chi connectivity index (χ1) is 8.25. The number of ether oxygens (including phenoxy) is 1. The molecule has 1 N–H and O–H groups in total. The van der Waals surface area contributed by atoms with Crippen LogP contribution in [0.3, 0.4) is 0 Å². The van der Waals surface area contributed by atoms with E-state index in [-0.39, 0.29) is 5.82 Å². The van der Waals surface area contributed by atoms with Gasteiger partial charge in [0.1, 0.15) is 0 Å². The average Bonchev–Trinajstić information content (AvgIpc) is 2.79. The van der Waals surface area contributed by atoms with Gasteiger partial charge in [-0.15, -0.1) is 0 Å². The zero-order valence-electron chi connectivity index (χ0n) is 9.72. The van der Waals surface area contributed by atoms with E-state index in [9.17, 15) is 4.39 Å². The van der Waals surface area contributed by atoms with Crippen LogP contribution in [0.15, 0.2) is 22.7 Å². The van der Waals surface area contributed by atoms with Crippen LogP contribution in [-0.4, -0.2) is 19.2 Å². The molecule has 1 unspecified atom stereocenters. The van der Waals surface area contributed by atoms with Gasteiger partial charge in [0, 0.05) is 10.5 Å². The van der Waals surface area contributed by atoms with Crippen LogP contribution >= 0.6 is 15.9 Å². The van der Waals surface area contributed by atoms with Crippen LogP contribution in [0.4, 0.5) is 4.39 Å².